The fourth-order valence-corrected chi connectivity index (χ4v) is 5.64. The lowest BCUT2D eigenvalue weighted by Crippen LogP contribution is -2.43. The van der Waals surface area contributed by atoms with Gasteiger partial charge in [0, 0.05) is 6.07 Å². The Hall–Kier alpha value is -4.44. The van der Waals surface area contributed by atoms with Crippen molar-refractivity contribution >= 4 is 49.5 Å². The molecule has 2 aromatic heterocycles. The van der Waals surface area contributed by atoms with Crippen LogP contribution in [0.2, 0.25) is 0 Å². The number of fused-ring (bicyclic) bond motifs is 2. The molecule has 41 heavy (non-hydrogen) atoms. The first kappa shape index (κ1) is 26.8. The van der Waals surface area contributed by atoms with Gasteiger partial charge in [-0.25, -0.2) is 8.78 Å². The molecule has 4 aromatic carbocycles. The Balaban J connectivity index is 1.56. The van der Waals surface area contributed by atoms with Crippen LogP contribution in [0, 0.1) is 25.5 Å². The van der Waals surface area contributed by atoms with Crippen LogP contribution in [0.3, 0.4) is 0 Å². The molecule has 0 N–H and O–H groups in total. The van der Waals surface area contributed by atoms with Crippen LogP contribution < -0.4 is 14.8 Å². The van der Waals surface area contributed by atoms with Gasteiger partial charge in [-0.2, -0.15) is 0 Å². The number of ether oxygens (including phenoxy) is 1. The maximum atomic E-state index is 14.7. The first-order chi connectivity index (χ1) is 19.8. The van der Waals surface area contributed by atoms with Gasteiger partial charge in [-0.1, -0.05) is 51.8 Å². The van der Waals surface area contributed by atoms with E-state index in [1.165, 1.54) is 18.2 Å². The summed E-state index contributed by atoms with van der Waals surface area (Å²) in [7, 11) is 1.60. The highest BCUT2D eigenvalue weighted by Crippen LogP contribution is 2.36. The zero-order chi connectivity index (χ0) is 28.7. The van der Waals surface area contributed by atoms with Crippen molar-refractivity contribution in [3.05, 3.63) is 111 Å². The largest absolute Gasteiger partial charge is 0.496 e. The molecule has 2 heterocycles. The van der Waals surface area contributed by atoms with Crippen molar-refractivity contribution < 1.29 is 22.6 Å². The molecule has 0 aliphatic carbocycles. The molecule has 0 aliphatic heterocycles. The summed E-state index contributed by atoms with van der Waals surface area (Å²) in [6.45, 7) is 4.71. The minimum atomic E-state index is -0.513. The van der Waals surface area contributed by atoms with Crippen molar-refractivity contribution in [1.29, 1.82) is 0 Å². The molecule has 0 fully saturated rings. The third-order valence-electron chi connectivity index (χ3n) is 6.79. The monoisotopic (exact) mass is 618 g/mol. The number of anilines is 2. The highest BCUT2D eigenvalue weighted by molar-refractivity contribution is 9.10. The van der Waals surface area contributed by atoms with Crippen LogP contribution in [-0.4, -0.2) is 17.4 Å². The van der Waals surface area contributed by atoms with E-state index in [-0.39, 0.29) is 5.58 Å². The van der Waals surface area contributed by atoms with E-state index in [4.69, 9.17) is 13.8 Å². The molecule has 0 atom stereocenters. The van der Waals surface area contributed by atoms with Gasteiger partial charge in [0.2, 0.25) is 5.58 Å². The third kappa shape index (κ3) is 5.22. The molecule has 208 valence electrons. The molecule has 0 bridgehead atoms. The molecule has 6 rings (SSSR count). The Labute approximate surface area is 243 Å². The molecule has 0 saturated heterocycles. The lowest BCUT2D eigenvalue weighted by Gasteiger charge is -2.35. The number of nitrogens with zero attached hydrogens (tertiary/aromatic N) is 4. The summed E-state index contributed by atoms with van der Waals surface area (Å²) >= 11 is 3.58. The first-order valence-corrected chi connectivity index (χ1v) is 13.6. The number of benzene rings is 4. The Morgan fingerprint density at radius 2 is 1.49 bits per heavy atom. The first-order valence-electron chi connectivity index (χ1n) is 12.8. The second kappa shape index (κ2) is 10.9. The van der Waals surface area contributed by atoms with Gasteiger partial charge >= 0.3 is 0 Å². The smallest absolute Gasteiger partial charge is 0.204 e. The summed E-state index contributed by atoms with van der Waals surface area (Å²) in [4.78, 5) is 0. The van der Waals surface area contributed by atoms with Crippen molar-refractivity contribution in [2.24, 2.45) is 0 Å². The number of hydrogen-bond acceptors (Lipinski definition) is 7. The van der Waals surface area contributed by atoms with Crippen LogP contribution in [0.25, 0.3) is 21.9 Å². The van der Waals surface area contributed by atoms with Gasteiger partial charge in [-0.15, -0.1) is 0 Å². The lowest BCUT2D eigenvalue weighted by atomic mass is 10.1. The van der Waals surface area contributed by atoms with Gasteiger partial charge < -0.3 is 13.8 Å². The summed E-state index contributed by atoms with van der Waals surface area (Å²) in [5.41, 5.74) is 4.44. The van der Waals surface area contributed by atoms with E-state index in [1.807, 2.05) is 42.1 Å². The van der Waals surface area contributed by atoms with Crippen LogP contribution in [0.1, 0.15) is 22.3 Å². The van der Waals surface area contributed by atoms with Crippen molar-refractivity contribution in [2.45, 2.75) is 26.9 Å². The molecule has 0 amide bonds. The number of aryl methyl sites for hydroxylation is 2. The molecule has 0 radical (unpaired) electrons. The SMILES string of the molecule is COc1ccc(CN(c2noc3cc(F)ccc23)N(Cc2cc(C)cc(C)c2)c2noc3c(F)cccc23)cc1Br. The average Bonchev–Trinajstić information content (AvgIpc) is 3.55. The minimum absolute atomic E-state index is 0.0483. The summed E-state index contributed by atoms with van der Waals surface area (Å²) < 4.78 is 46.1. The van der Waals surface area contributed by atoms with E-state index in [2.05, 4.69) is 44.4 Å². The van der Waals surface area contributed by atoms with Crippen LogP contribution in [0.15, 0.2) is 86.3 Å². The van der Waals surface area contributed by atoms with Crippen molar-refractivity contribution in [1.82, 2.24) is 10.3 Å². The summed E-state index contributed by atoms with van der Waals surface area (Å²) in [6, 6.07) is 21.0. The Kier molecular flexibility index (Phi) is 7.08. The Morgan fingerprint density at radius 1 is 0.780 bits per heavy atom. The molecule has 10 heteroatoms. The second-order valence-electron chi connectivity index (χ2n) is 9.85. The molecule has 0 saturated carbocycles. The van der Waals surface area contributed by atoms with Gasteiger partial charge in [-0.3, -0.25) is 10.0 Å². The number of para-hydroxylation sites is 1. The molecular formula is C31H25BrF2N4O3. The van der Waals surface area contributed by atoms with Crippen molar-refractivity contribution in [3.63, 3.8) is 0 Å². The number of hydrazine groups is 1. The highest BCUT2D eigenvalue weighted by Gasteiger charge is 2.28. The summed E-state index contributed by atoms with van der Waals surface area (Å²) in [6.07, 6.45) is 0. The fraction of sp³-hybridized carbons (Fsp3) is 0.161. The molecule has 0 spiro atoms. The molecule has 0 unspecified atom stereocenters. The molecular weight excluding hydrogens is 594 g/mol. The van der Waals surface area contributed by atoms with Gasteiger partial charge in [0.25, 0.3) is 0 Å². The van der Waals surface area contributed by atoms with Crippen LogP contribution in [0.5, 0.6) is 5.75 Å². The van der Waals surface area contributed by atoms with E-state index >= 15 is 0 Å². The van der Waals surface area contributed by atoms with Gasteiger partial charge in [0.05, 0.1) is 35.4 Å². The van der Waals surface area contributed by atoms with Crippen LogP contribution >= 0.6 is 15.9 Å². The number of halogens is 3. The van der Waals surface area contributed by atoms with Crippen molar-refractivity contribution in [3.8, 4) is 5.75 Å². The summed E-state index contributed by atoms with van der Waals surface area (Å²) in [5.74, 6) is 0.567. The topological polar surface area (TPSA) is 67.8 Å². The predicted molar refractivity (Wildman–Crippen MR) is 157 cm³/mol. The standard InChI is InChI=1S/C31H25BrF2N4O3/c1-18-11-19(2)13-21(12-18)17-38(31-24-5-4-6-26(34)29(24)41-36-31)37(16-20-7-10-27(39-3)25(32)14-20)30-23-9-8-22(33)15-28(23)40-35-30/h4-15H,16-17H2,1-3H3. The Bertz CT molecular complexity index is 1870. The second-order valence-corrected chi connectivity index (χ2v) is 10.7. The maximum absolute atomic E-state index is 14.7. The number of aromatic nitrogens is 2. The molecule has 7 nitrogen and oxygen atoms in total. The lowest BCUT2D eigenvalue weighted by molar-refractivity contribution is 0.412. The predicted octanol–water partition coefficient (Wildman–Crippen LogP) is 8.26. The number of hydrogen-bond donors (Lipinski definition) is 0. The zero-order valence-corrected chi connectivity index (χ0v) is 24.1. The van der Waals surface area contributed by atoms with Gasteiger partial charge in [-0.05, 0) is 77.3 Å². The third-order valence-corrected chi connectivity index (χ3v) is 7.41. The van der Waals surface area contributed by atoms with Crippen LogP contribution in [-0.2, 0) is 13.1 Å². The fourth-order valence-electron chi connectivity index (χ4n) is 5.05. The molecule has 0 aliphatic rings. The van der Waals surface area contributed by atoms with Crippen molar-refractivity contribution in [2.75, 3.05) is 17.1 Å². The summed E-state index contributed by atoms with van der Waals surface area (Å²) in [5, 5.41) is 13.6. The zero-order valence-electron chi connectivity index (χ0n) is 22.5. The number of methoxy groups -OCH3 is 1. The maximum Gasteiger partial charge on any atom is 0.204 e. The van der Waals surface area contributed by atoms with E-state index in [0.717, 1.165) is 26.7 Å². The minimum Gasteiger partial charge on any atom is -0.496 e. The number of rotatable bonds is 8. The quantitative estimate of drug-likeness (QED) is 0.159. The highest BCUT2D eigenvalue weighted by atomic mass is 79.9. The van der Waals surface area contributed by atoms with E-state index < -0.39 is 11.6 Å². The van der Waals surface area contributed by atoms with E-state index in [9.17, 15) is 8.78 Å². The van der Waals surface area contributed by atoms with Crippen LogP contribution in [0.4, 0.5) is 20.4 Å². The molecule has 6 aromatic rings. The van der Waals surface area contributed by atoms with Gasteiger partial charge in [0.15, 0.2) is 23.0 Å². The van der Waals surface area contributed by atoms with E-state index in [0.29, 0.717) is 46.8 Å². The Morgan fingerprint density at radius 3 is 2.22 bits per heavy atom. The average molecular weight is 619 g/mol. The normalized spacial score (nSPS) is 11.4. The van der Waals surface area contributed by atoms with E-state index in [1.54, 1.807) is 25.3 Å². The van der Waals surface area contributed by atoms with Gasteiger partial charge in [0.1, 0.15) is 11.6 Å².